The molecule has 1 fully saturated rings. The molecule has 1 aliphatic heterocycles. The maximum Gasteiger partial charge on any atom is 0.322 e. The number of nitrogens with one attached hydrogen (secondary N) is 1. The lowest BCUT2D eigenvalue weighted by atomic mass is 10.2. The molecule has 4 rings (SSSR count). The van der Waals surface area contributed by atoms with Gasteiger partial charge in [-0.3, -0.25) is 0 Å². The number of anilines is 1. The zero-order valence-corrected chi connectivity index (χ0v) is 15.0. The molecule has 0 radical (unpaired) electrons. The molecule has 1 heterocycles. The van der Waals surface area contributed by atoms with Crippen molar-refractivity contribution in [2.24, 2.45) is 0 Å². The van der Waals surface area contributed by atoms with E-state index in [4.69, 9.17) is 9.47 Å². The number of carbonyl (C=O) groups is 1. The molecule has 0 saturated heterocycles. The van der Waals surface area contributed by atoms with E-state index in [0.29, 0.717) is 13.1 Å². The van der Waals surface area contributed by atoms with Gasteiger partial charge in [-0.2, -0.15) is 0 Å². The SMILES string of the molecule is CCN(Cc1ccccc1)C(=O)Nc1ccc2c(c1)OC1(CCCC1)O2. The van der Waals surface area contributed by atoms with E-state index in [9.17, 15) is 4.79 Å². The van der Waals surface area contributed by atoms with Crippen LogP contribution >= 0.6 is 0 Å². The Morgan fingerprint density at radius 3 is 2.54 bits per heavy atom. The summed E-state index contributed by atoms with van der Waals surface area (Å²) >= 11 is 0. The number of hydrogen-bond acceptors (Lipinski definition) is 3. The summed E-state index contributed by atoms with van der Waals surface area (Å²) in [5.74, 6) is 1.01. The molecular formula is C21H24N2O3. The normalized spacial score (nSPS) is 16.7. The van der Waals surface area contributed by atoms with Gasteiger partial charge >= 0.3 is 6.03 Å². The molecule has 1 N–H and O–H groups in total. The number of nitrogens with zero attached hydrogens (tertiary/aromatic N) is 1. The molecule has 1 saturated carbocycles. The first kappa shape index (κ1) is 16.8. The predicted octanol–water partition coefficient (Wildman–Crippen LogP) is 4.78. The molecule has 1 aliphatic carbocycles. The second-order valence-corrected chi connectivity index (χ2v) is 6.91. The summed E-state index contributed by atoms with van der Waals surface area (Å²) in [4.78, 5) is 14.4. The van der Waals surface area contributed by atoms with Crippen LogP contribution in [0.15, 0.2) is 48.5 Å². The largest absolute Gasteiger partial charge is 0.448 e. The summed E-state index contributed by atoms with van der Waals surface area (Å²) in [7, 11) is 0. The monoisotopic (exact) mass is 352 g/mol. The number of rotatable bonds is 4. The van der Waals surface area contributed by atoms with Gasteiger partial charge in [0.1, 0.15) is 0 Å². The molecular weight excluding hydrogens is 328 g/mol. The summed E-state index contributed by atoms with van der Waals surface area (Å²) in [6.07, 6.45) is 4.10. The summed E-state index contributed by atoms with van der Waals surface area (Å²) in [5.41, 5.74) is 1.83. The van der Waals surface area contributed by atoms with E-state index in [1.165, 1.54) is 0 Å². The van der Waals surface area contributed by atoms with Crippen LogP contribution in [0.1, 0.15) is 38.2 Å². The molecule has 2 amide bonds. The summed E-state index contributed by atoms with van der Waals surface area (Å²) < 4.78 is 12.1. The molecule has 0 unspecified atom stereocenters. The average molecular weight is 352 g/mol. The number of amides is 2. The van der Waals surface area contributed by atoms with E-state index in [1.54, 1.807) is 4.90 Å². The Bertz CT molecular complexity index is 785. The van der Waals surface area contributed by atoms with Gasteiger partial charge in [0.15, 0.2) is 11.5 Å². The fraction of sp³-hybridized carbons (Fsp3) is 0.381. The maximum absolute atomic E-state index is 12.6. The Morgan fingerprint density at radius 2 is 1.81 bits per heavy atom. The lowest BCUT2D eigenvalue weighted by molar-refractivity contribution is -0.0716. The minimum Gasteiger partial charge on any atom is -0.448 e. The van der Waals surface area contributed by atoms with Crippen molar-refractivity contribution in [3.8, 4) is 11.5 Å². The van der Waals surface area contributed by atoms with Crippen LogP contribution in [-0.4, -0.2) is 23.3 Å². The highest BCUT2D eigenvalue weighted by molar-refractivity contribution is 5.89. The Morgan fingerprint density at radius 1 is 1.08 bits per heavy atom. The van der Waals surface area contributed by atoms with Gasteiger partial charge in [-0.25, -0.2) is 4.79 Å². The van der Waals surface area contributed by atoms with Crippen molar-refractivity contribution in [2.45, 2.75) is 44.9 Å². The minimum absolute atomic E-state index is 0.120. The number of hydrogen-bond donors (Lipinski definition) is 1. The van der Waals surface area contributed by atoms with Crippen molar-refractivity contribution in [1.29, 1.82) is 0 Å². The zero-order valence-electron chi connectivity index (χ0n) is 15.0. The third-order valence-corrected chi connectivity index (χ3v) is 5.04. The molecule has 1 spiro atoms. The summed E-state index contributed by atoms with van der Waals surface area (Å²) in [6.45, 7) is 3.19. The lowest BCUT2D eigenvalue weighted by Gasteiger charge is -2.22. The zero-order chi connectivity index (χ0) is 18.0. The standard InChI is InChI=1S/C21H24N2O3/c1-2-23(15-16-8-4-3-5-9-16)20(24)22-17-10-11-18-19(14-17)26-21(25-18)12-6-7-13-21/h3-5,8-11,14H,2,6-7,12-13,15H2,1H3,(H,22,24). The average Bonchev–Trinajstić information content (AvgIpc) is 3.26. The first-order chi connectivity index (χ1) is 12.7. The first-order valence-electron chi connectivity index (χ1n) is 9.29. The number of benzene rings is 2. The van der Waals surface area contributed by atoms with Crippen molar-refractivity contribution in [1.82, 2.24) is 4.90 Å². The molecule has 2 aromatic carbocycles. The fourth-order valence-electron chi connectivity index (χ4n) is 3.62. The molecule has 26 heavy (non-hydrogen) atoms. The van der Waals surface area contributed by atoms with Crippen molar-refractivity contribution in [2.75, 3.05) is 11.9 Å². The summed E-state index contributed by atoms with van der Waals surface area (Å²) in [5, 5.41) is 2.97. The van der Waals surface area contributed by atoms with Gasteiger partial charge in [-0.1, -0.05) is 30.3 Å². The van der Waals surface area contributed by atoms with Crippen LogP contribution in [0.4, 0.5) is 10.5 Å². The lowest BCUT2D eigenvalue weighted by Crippen LogP contribution is -2.34. The molecule has 136 valence electrons. The smallest absolute Gasteiger partial charge is 0.322 e. The second kappa shape index (κ2) is 6.90. The van der Waals surface area contributed by atoms with Gasteiger partial charge in [0.05, 0.1) is 0 Å². The maximum atomic E-state index is 12.6. The van der Waals surface area contributed by atoms with E-state index in [1.807, 2.05) is 55.5 Å². The molecule has 0 bridgehead atoms. The molecule has 0 atom stereocenters. The van der Waals surface area contributed by atoms with E-state index in [2.05, 4.69) is 5.32 Å². The first-order valence-corrected chi connectivity index (χ1v) is 9.29. The molecule has 5 heteroatoms. The van der Waals surface area contributed by atoms with Crippen LogP contribution in [0.25, 0.3) is 0 Å². The van der Waals surface area contributed by atoms with Crippen molar-refractivity contribution in [3.63, 3.8) is 0 Å². The van der Waals surface area contributed by atoms with Gasteiger partial charge < -0.3 is 19.7 Å². The van der Waals surface area contributed by atoms with Crippen molar-refractivity contribution in [3.05, 3.63) is 54.1 Å². The predicted molar refractivity (Wildman–Crippen MR) is 100 cm³/mol. The highest BCUT2D eigenvalue weighted by Gasteiger charge is 2.44. The number of carbonyl (C=O) groups excluding carboxylic acids is 1. The van der Waals surface area contributed by atoms with Crippen LogP contribution < -0.4 is 14.8 Å². The number of ether oxygens (including phenoxy) is 2. The van der Waals surface area contributed by atoms with Crippen LogP contribution in [-0.2, 0) is 6.54 Å². The second-order valence-electron chi connectivity index (χ2n) is 6.91. The number of urea groups is 1. The number of fused-ring (bicyclic) bond motifs is 1. The molecule has 2 aromatic rings. The van der Waals surface area contributed by atoms with Crippen molar-refractivity contribution < 1.29 is 14.3 Å². The summed E-state index contributed by atoms with van der Waals surface area (Å²) in [6, 6.07) is 15.5. The third-order valence-electron chi connectivity index (χ3n) is 5.04. The highest BCUT2D eigenvalue weighted by Crippen LogP contribution is 2.47. The fourth-order valence-corrected chi connectivity index (χ4v) is 3.62. The van der Waals surface area contributed by atoms with Gasteiger partial charge in [0.25, 0.3) is 5.79 Å². The van der Waals surface area contributed by atoms with Crippen LogP contribution in [0.5, 0.6) is 11.5 Å². The molecule has 0 aromatic heterocycles. The Kier molecular flexibility index (Phi) is 4.45. The Balaban J connectivity index is 1.43. The third kappa shape index (κ3) is 3.34. The van der Waals surface area contributed by atoms with Gasteiger partial charge in [0.2, 0.25) is 0 Å². The molecule has 2 aliphatic rings. The van der Waals surface area contributed by atoms with Crippen LogP contribution in [0.3, 0.4) is 0 Å². The highest BCUT2D eigenvalue weighted by atomic mass is 16.7. The van der Waals surface area contributed by atoms with Gasteiger partial charge in [-0.15, -0.1) is 0 Å². The topological polar surface area (TPSA) is 50.8 Å². The molecule has 5 nitrogen and oxygen atoms in total. The van der Waals surface area contributed by atoms with Crippen LogP contribution in [0.2, 0.25) is 0 Å². The van der Waals surface area contributed by atoms with Gasteiger partial charge in [-0.05, 0) is 37.5 Å². The quantitative estimate of drug-likeness (QED) is 0.861. The Labute approximate surface area is 153 Å². The Hall–Kier alpha value is -2.69. The van der Waals surface area contributed by atoms with E-state index >= 15 is 0 Å². The van der Waals surface area contributed by atoms with E-state index in [-0.39, 0.29) is 6.03 Å². The van der Waals surface area contributed by atoms with Gasteiger partial charge in [0, 0.05) is 37.7 Å². The van der Waals surface area contributed by atoms with E-state index in [0.717, 1.165) is 48.4 Å². The van der Waals surface area contributed by atoms with Crippen LogP contribution in [0, 0.1) is 0 Å². The van der Waals surface area contributed by atoms with E-state index < -0.39 is 5.79 Å². The van der Waals surface area contributed by atoms with Crippen molar-refractivity contribution >= 4 is 11.7 Å². The minimum atomic E-state index is -0.478.